The van der Waals surface area contributed by atoms with Crippen molar-refractivity contribution in [3.8, 4) is 5.75 Å². The number of ether oxygens (including phenoxy) is 1. The topological polar surface area (TPSA) is 47.3 Å². The summed E-state index contributed by atoms with van der Waals surface area (Å²) >= 11 is 0. The fourth-order valence-corrected chi connectivity index (χ4v) is 1.89. The van der Waals surface area contributed by atoms with E-state index in [0.717, 1.165) is 29.0 Å². The molecule has 1 atom stereocenters. The molecule has 1 heterocycles. The Labute approximate surface area is 107 Å². The first-order valence-electron chi connectivity index (χ1n) is 6.00. The fourth-order valence-electron chi connectivity index (χ4n) is 1.89. The number of aromatic nitrogens is 2. The predicted octanol–water partition coefficient (Wildman–Crippen LogP) is 2.30. The van der Waals surface area contributed by atoms with E-state index in [1.54, 1.807) is 18.0 Å². The van der Waals surface area contributed by atoms with Crippen LogP contribution >= 0.6 is 0 Å². The van der Waals surface area contributed by atoms with E-state index in [0.29, 0.717) is 0 Å². The van der Waals surface area contributed by atoms with E-state index in [4.69, 9.17) is 4.74 Å². The first-order valence-corrected chi connectivity index (χ1v) is 6.00. The number of rotatable bonds is 4. The molecular formula is C14H18N2O2. The predicted molar refractivity (Wildman–Crippen MR) is 69.7 cm³/mol. The summed E-state index contributed by atoms with van der Waals surface area (Å²) in [6, 6.07) is 5.72. The molecule has 0 saturated heterocycles. The van der Waals surface area contributed by atoms with Crippen molar-refractivity contribution in [3.63, 3.8) is 0 Å². The lowest BCUT2D eigenvalue weighted by molar-refractivity contribution is 0.219. The minimum absolute atomic E-state index is 0.667. The maximum atomic E-state index is 10.3. The standard InChI is InChI=1S/C14H18N2O2/c1-4-16-9-12(8-15-16)14(17)11-6-5-10(2)13(7-11)18-3/h5-9,14,17H,4H2,1-3H3. The maximum Gasteiger partial charge on any atom is 0.122 e. The Morgan fingerprint density at radius 3 is 2.78 bits per heavy atom. The Morgan fingerprint density at radius 1 is 1.39 bits per heavy atom. The molecule has 1 aromatic carbocycles. The lowest BCUT2D eigenvalue weighted by Gasteiger charge is -2.12. The van der Waals surface area contributed by atoms with Crippen LogP contribution in [0.2, 0.25) is 0 Å². The van der Waals surface area contributed by atoms with E-state index in [1.807, 2.05) is 38.2 Å². The van der Waals surface area contributed by atoms with Gasteiger partial charge in [-0.25, -0.2) is 0 Å². The fraction of sp³-hybridized carbons (Fsp3) is 0.357. The van der Waals surface area contributed by atoms with Gasteiger partial charge in [-0.05, 0) is 31.0 Å². The van der Waals surface area contributed by atoms with Gasteiger partial charge in [-0.15, -0.1) is 0 Å². The van der Waals surface area contributed by atoms with Gasteiger partial charge in [-0.3, -0.25) is 4.68 Å². The summed E-state index contributed by atoms with van der Waals surface area (Å²) in [5.41, 5.74) is 2.66. The zero-order chi connectivity index (χ0) is 13.1. The van der Waals surface area contributed by atoms with Crippen molar-refractivity contribution < 1.29 is 9.84 Å². The van der Waals surface area contributed by atoms with Crippen LogP contribution in [0.5, 0.6) is 5.75 Å². The summed E-state index contributed by atoms with van der Waals surface area (Å²) in [4.78, 5) is 0. The smallest absolute Gasteiger partial charge is 0.122 e. The van der Waals surface area contributed by atoms with Crippen molar-refractivity contribution >= 4 is 0 Å². The molecule has 0 aliphatic carbocycles. The highest BCUT2D eigenvalue weighted by molar-refractivity contribution is 5.39. The normalized spacial score (nSPS) is 12.4. The first kappa shape index (κ1) is 12.6. The highest BCUT2D eigenvalue weighted by Crippen LogP contribution is 2.27. The second-order valence-electron chi connectivity index (χ2n) is 4.26. The average Bonchev–Trinajstić information content (AvgIpc) is 2.87. The zero-order valence-corrected chi connectivity index (χ0v) is 10.9. The Kier molecular flexibility index (Phi) is 3.67. The molecule has 0 bridgehead atoms. The van der Waals surface area contributed by atoms with Gasteiger partial charge in [0.2, 0.25) is 0 Å². The SMILES string of the molecule is CCn1cc(C(O)c2ccc(C)c(OC)c2)cn1. The monoisotopic (exact) mass is 246 g/mol. The van der Waals surface area contributed by atoms with Gasteiger partial charge < -0.3 is 9.84 Å². The molecule has 0 fully saturated rings. The summed E-state index contributed by atoms with van der Waals surface area (Å²) in [6.45, 7) is 4.78. The molecule has 0 amide bonds. The summed E-state index contributed by atoms with van der Waals surface area (Å²) < 4.78 is 7.06. The van der Waals surface area contributed by atoms with Crippen molar-refractivity contribution in [2.24, 2.45) is 0 Å². The quantitative estimate of drug-likeness (QED) is 0.900. The Morgan fingerprint density at radius 2 is 2.17 bits per heavy atom. The van der Waals surface area contributed by atoms with Gasteiger partial charge in [0.15, 0.2) is 0 Å². The first-order chi connectivity index (χ1) is 8.65. The van der Waals surface area contributed by atoms with Crippen molar-refractivity contribution in [1.29, 1.82) is 0 Å². The number of aryl methyl sites for hydroxylation is 2. The van der Waals surface area contributed by atoms with E-state index < -0.39 is 6.10 Å². The minimum Gasteiger partial charge on any atom is -0.496 e. The van der Waals surface area contributed by atoms with Crippen LogP contribution in [-0.4, -0.2) is 22.0 Å². The van der Waals surface area contributed by atoms with Crippen LogP contribution in [0.3, 0.4) is 0 Å². The average molecular weight is 246 g/mol. The van der Waals surface area contributed by atoms with E-state index in [-0.39, 0.29) is 0 Å². The maximum absolute atomic E-state index is 10.3. The van der Waals surface area contributed by atoms with Crippen molar-refractivity contribution in [3.05, 3.63) is 47.3 Å². The van der Waals surface area contributed by atoms with Crippen LogP contribution in [0.25, 0.3) is 0 Å². The van der Waals surface area contributed by atoms with Crippen molar-refractivity contribution in [1.82, 2.24) is 9.78 Å². The molecule has 4 nitrogen and oxygen atoms in total. The van der Waals surface area contributed by atoms with Gasteiger partial charge in [0, 0.05) is 18.3 Å². The van der Waals surface area contributed by atoms with Crippen LogP contribution in [0.15, 0.2) is 30.6 Å². The second kappa shape index (κ2) is 5.23. The number of benzene rings is 1. The molecule has 0 aliphatic rings. The molecule has 18 heavy (non-hydrogen) atoms. The minimum atomic E-state index is -0.667. The molecule has 1 unspecified atom stereocenters. The zero-order valence-electron chi connectivity index (χ0n) is 10.9. The number of hydrogen-bond acceptors (Lipinski definition) is 3. The van der Waals surface area contributed by atoms with E-state index in [2.05, 4.69) is 5.10 Å². The molecule has 1 aromatic heterocycles. The number of nitrogens with zero attached hydrogens (tertiary/aromatic N) is 2. The summed E-state index contributed by atoms with van der Waals surface area (Å²) in [5.74, 6) is 0.787. The van der Waals surface area contributed by atoms with Gasteiger partial charge in [-0.1, -0.05) is 12.1 Å². The molecule has 0 aliphatic heterocycles. The third-order valence-corrected chi connectivity index (χ3v) is 3.04. The number of methoxy groups -OCH3 is 1. The van der Waals surface area contributed by atoms with E-state index in [9.17, 15) is 5.11 Å². The molecule has 2 rings (SSSR count). The van der Waals surface area contributed by atoms with E-state index >= 15 is 0 Å². The van der Waals surface area contributed by atoms with Crippen LogP contribution in [0.1, 0.15) is 29.7 Å². The Bertz CT molecular complexity index is 534. The van der Waals surface area contributed by atoms with Crippen LogP contribution < -0.4 is 4.74 Å². The van der Waals surface area contributed by atoms with Gasteiger partial charge in [0.05, 0.1) is 13.3 Å². The van der Waals surface area contributed by atoms with Gasteiger partial charge in [0.25, 0.3) is 0 Å². The third-order valence-electron chi connectivity index (χ3n) is 3.04. The lowest BCUT2D eigenvalue weighted by Crippen LogP contribution is -2.00. The highest BCUT2D eigenvalue weighted by atomic mass is 16.5. The Hall–Kier alpha value is -1.81. The lowest BCUT2D eigenvalue weighted by atomic mass is 10.0. The van der Waals surface area contributed by atoms with Crippen LogP contribution in [0, 0.1) is 6.92 Å². The largest absolute Gasteiger partial charge is 0.496 e. The highest BCUT2D eigenvalue weighted by Gasteiger charge is 2.14. The molecule has 0 saturated carbocycles. The van der Waals surface area contributed by atoms with Gasteiger partial charge in [0.1, 0.15) is 11.9 Å². The summed E-state index contributed by atoms with van der Waals surface area (Å²) in [6.07, 6.45) is 2.89. The molecule has 4 heteroatoms. The molecule has 2 aromatic rings. The molecule has 0 spiro atoms. The number of aliphatic hydroxyl groups excluding tert-OH is 1. The molecule has 96 valence electrons. The summed E-state index contributed by atoms with van der Waals surface area (Å²) in [5, 5.41) is 14.5. The van der Waals surface area contributed by atoms with Gasteiger partial charge in [-0.2, -0.15) is 5.10 Å². The van der Waals surface area contributed by atoms with E-state index in [1.165, 1.54) is 0 Å². The Balaban J connectivity index is 2.30. The van der Waals surface area contributed by atoms with Crippen molar-refractivity contribution in [2.75, 3.05) is 7.11 Å². The molecule has 1 N–H and O–H groups in total. The van der Waals surface area contributed by atoms with Crippen LogP contribution in [0.4, 0.5) is 0 Å². The number of aliphatic hydroxyl groups is 1. The van der Waals surface area contributed by atoms with Crippen molar-refractivity contribution in [2.45, 2.75) is 26.5 Å². The molecule has 0 radical (unpaired) electrons. The second-order valence-corrected chi connectivity index (χ2v) is 4.26. The third kappa shape index (κ3) is 2.38. The summed E-state index contributed by atoms with van der Waals surface area (Å²) in [7, 11) is 1.63. The van der Waals surface area contributed by atoms with Gasteiger partial charge >= 0.3 is 0 Å². The molecular weight excluding hydrogens is 228 g/mol. The number of hydrogen-bond donors (Lipinski definition) is 1. The van der Waals surface area contributed by atoms with Crippen LogP contribution in [-0.2, 0) is 6.54 Å².